The molecule has 0 saturated heterocycles. The number of sulfone groups is 1. The van der Waals surface area contributed by atoms with Crippen molar-refractivity contribution in [3.63, 3.8) is 0 Å². The van der Waals surface area contributed by atoms with Crippen LogP contribution in [-0.2, 0) is 20.0 Å². The zero-order valence-corrected chi connectivity index (χ0v) is 14.6. The van der Waals surface area contributed by atoms with Crippen molar-refractivity contribution in [3.8, 4) is 5.75 Å². The van der Waals surface area contributed by atoms with Crippen LogP contribution in [0, 0.1) is 3.57 Å². The van der Waals surface area contributed by atoms with Gasteiger partial charge >= 0.3 is 10.1 Å². The van der Waals surface area contributed by atoms with Gasteiger partial charge in [-0.05, 0) is 71.1 Å². The van der Waals surface area contributed by atoms with Gasteiger partial charge in [-0.2, -0.15) is 8.42 Å². The number of hydrogen-bond donors (Lipinski definition) is 0. The van der Waals surface area contributed by atoms with E-state index in [2.05, 4.69) is 22.6 Å². The Morgan fingerprint density at radius 3 is 1.76 bits per heavy atom. The highest BCUT2D eigenvalue weighted by molar-refractivity contribution is 14.1. The van der Waals surface area contributed by atoms with Crippen LogP contribution in [0.25, 0.3) is 0 Å². The maximum absolute atomic E-state index is 12.1. The normalized spacial score (nSPS) is 12.1. The van der Waals surface area contributed by atoms with E-state index in [4.69, 9.17) is 4.18 Å². The third kappa shape index (κ3) is 4.17. The minimum atomic E-state index is -3.99. The predicted molar refractivity (Wildman–Crippen MR) is 86.5 cm³/mol. The summed E-state index contributed by atoms with van der Waals surface area (Å²) in [6, 6.07) is 11.4. The predicted octanol–water partition coefficient (Wildman–Crippen LogP) is 2.46. The van der Waals surface area contributed by atoms with Gasteiger partial charge in [0.25, 0.3) is 0 Å². The second-order valence-electron chi connectivity index (χ2n) is 4.23. The Hall–Kier alpha value is -1.13. The fourth-order valence-corrected chi connectivity index (χ4v) is 3.44. The molecule has 8 heteroatoms. The molecule has 0 amide bonds. The van der Waals surface area contributed by atoms with Crippen LogP contribution in [0.2, 0.25) is 0 Å². The third-order valence-corrected chi connectivity index (χ3v) is 5.67. The number of benzene rings is 2. The van der Waals surface area contributed by atoms with E-state index < -0.39 is 20.0 Å². The number of halogens is 1. The Morgan fingerprint density at radius 1 is 0.810 bits per heavy atom. The van der Waals surface area contributed by atoms with Crippen LogP contribution in [0.4, 0.5) is 0 Å². The summed E-state index contributed by atoms with van der Waals surface area (Å²) in [7, 11) is -7.35. The smallest absolute Gasteiger partial charge is 0.339 e. The molecular formula is C13H11IO5S2. The highest BCUT2D eigenvalue weighted by atomic mass is 127. The zero-order valence-electron chi connectivity index (χ0n) is 10.9. The molecule has 0 aliphatic rings. The SMILES string of the molecule is CS(=O)(=O)c1ccc(S(=O)(=O)Oc2ccc(I)cc2)cc1. The van der Waals surface area contributed by atoms with Gasteiger partial charge < -0.3 is 4.18 Å². The lowest BCUT2D eigenvalue weighted by Crippen LogP contribution is -2.10. The van der Waals surface area contributed by atoms with Crippen LogP contribution >= 0.6 is 22.6 Å². The van der Waals surface area contributed by atoms with Gasteiger partial charge in [0.05, 0.1) is 4.90 Å². The molecule has 21 heavy (non-hydrogen) atoms. The third-order valence-electron chi connectivity index (χ3n) is 2.56. The van der Waals surface area contributed by atoms with E-state index >= 15 is 0 Å². The van der Waals surface area contributed by atoms with Crippen LogP contribution in [0.15, 0.2) is 58.3 Å². The molecule has 0 aliphatic carbocycles. The van der Waals surface area contributed by atoms with Crippen LogP contribution < -0.4 is 4.18 Å². The monoisotopic (exact) mass is 438 g/mol. The molecule has 2 aromatic rings. The zero-order chi connectivity index (χ0) is 15.7. The fraction of sp³-hybridized carbons (Fsp3) is 0.0769. The molecular weight excluding hydrogens is 427 g/mol. The summed E-state index contributed by atoms with van der Waals surface area (Å²) in [5, 5.41) is 0. The maximum Gasteiger partial charge on any atom is 0.339 e. The van der Waals surface area contributed by atoms with Crippen LogP contribution in [0.3, 0.4) is 0 Å². The van der Waals surface area contributed by atoms with E-state index in [-0.39, 0.29) is 15.5 Å². The average Bonchev–Trinajstić information content (AvgIpc) is 2.40. The maximum atomic E-state index is 12.1. The first kappa shape index (κ1) is 16.2. The van der Waals surface area contributed by atoms with Gasteiger partial charge in [-0.25, -0.2) is 8.42 Å². The summed E-state index contributed by atoms with van der Waals surface area (Å²) in [6.45, 7) is 0. The number of hydrogen-bond acceptors (Lipinski definition) is 5. The van der Waals surface area contributed by atoms with E-state index in [1.807, 2.05) is 0 Å². The van der Waals surface area contributed by atoms with Gasteiger partial charge in [-0.3, -0.25) is 0 Å². The van der Waals surface area contributed by atoms with Gasteiger partial charge in [0.2, 0.25) is 0 Å². The second kappa shape index (κ2) is 5.93. The summed E-state index contributed by atoms with van der Waals surface area (Å²) >= 11 is 2.09. The molecule has 0 bridgehead atoms. The van der Waals surface area contributed by atoms with Crippen LogP contribution in [0.5, 0.6) is 5.75 Å². The van der Waals surface area contributed by atoms with Crippen LogP contribution in [-0.4, -0.2) is 23.1 Å². The topological polar surface area (TPSA) is 77.5 Å². The first-order valence-electron chi connectivity index (χ1n) is 5.69. The van der Waals surface area contributed by atoms with E-state index in [1.165, 1.54) is 24.3 Å². The first-order chi connectivity index (χ1) is 9.68. The average molecular weight is 438 g/mol. The minimum absolute atomic E-state index is 0.0516. The Balaban J connectivity index is 2.29. The van der Waals surface area contributed by atoms with E-state index in [0.29, 0.717) is 0 Å². The summed E-state index contributed by atoms with van der Waals surface area (Å²) < 4.78 is 52.8. The van der Waals surface area contributed by atoms with Crippen molar-refractivity contribution in [1.29, 1.82) is 0 Å². The van der Waals surface area contributed by atoms with Crippen molar-refractivity contribution in [1.82, 2.24) is 0 Å². The standard InChI is InChI=1S/C13H11IO5S2/c1-20(15,16)12-6-8-13(9-7-12)21(17,18)19-11-4-2-10(14)3-5-11/h2-9H,1H3. The van der Waals surface area contributed by atoms with E-state index in [1.54, 1.807) is 24.3 Å². The molecule has 2 rings (SSSR count). The quantitative estimate of drug-likeness (QED) is 0.542. The van der Waals surface area contributed by atoms with E-state index in [0.717, 1.165) is 9.83 Å². The molecule has 112 valence electrons. The molecule has 0 spiro atoms. The Labute approximate surface area is 137 Å². The van der Waals surface area contributed by atoms with Crippen molar-refractivity contribution in [3.05, 3.63) is 52.1 Å². The molecule has 5 nitrogen and oxygen atoms in total. The lowest BCUT2D eigenvalue weighted by molar-refractivity contribution is 0.486. The highest BCUT2D eigenvalue weighted by Gasteiger charge is 2.17. The second-order valence-corrected chi connectivity index (χ2v) is 9.04. The van der Waals surface area contributed by atoms with Crippen molar-refractivity contribution < 1.29 is 21.0 Å². The van der Waals surface area contributed by atoms with Gasteiger partial charge in [0.1, 0.15) is 10.6 Å². The van der Waals surface area contributed by atoms with Gasteiger partial charge in [-0.15, -0.1) is 0 Å². The molecule has 0 heterocycles. The molecule has 0 aromatic heterocycles. The van der Waals surface area contributed by atoms with Crippen molar-refractivity contribution in [2.45, 2.75) is 9.79 Å². The van der Waals surface area contributed by atoms with E-state index in [9.17, 15) is 16.8 Å². The molecule has 0 unspecified atom stereocenters. The molecule has 0 aliphatic heterocycles. The molecule has 2 aromatic carbocycles. The van der Waals surface area contributed by atoms with Gasteiger partial charge in [0, 0.05) is 9.83 Å². The summed E-state index contributed by atoms with van der Waals surface area (Å²) in [5.41, 5.74) is 0. The largest absolute Gasteiger partial charge is 0.379 e. The summed E-state index contributed by atoms with van der Waals surface area (Å²) in [6.07, 6.45) is 1.05. The minimum Gasteiger partial charge on any atom is -0.379 e. The fourth-order valence-electron chi connectivity index (χ4n) is 1.52. The van der Waals surface area contributed by atoms with Crippen molar-refractivity contribution >= 4 is 42.5 Å². The molecule has 0 saturated carbocycles. The Morgan fingerprint density at radius 2 is 1.29 bits per heavy atom. The summed E-state index contributed by atoms with van der Waals surface area (Å²) in [4.78, 5) is -0.0517. The first-order valence-corrected chi connectivity index (χ1v) is 10.1. The number of rotatable bonds is 4. The van der Waals surface area contributed by atoms with Crippen LogP contribution in [0.1, 0.15) is 0 Å². The Kier molecular flexibility index (Phi) is 4.59. The molecule has 0 N–H and O–H groups in total. The lowest BCUT2D eigenvalue weighted by atomic mass is 10.3. The van der Waals surface area contributed by atoms with Gasteiger partial charge in [0.15, 0.2) is 9.84 Å². The lowest BCUT2D eigenvalue weighted by Gasteiger charge is -2.07. The Bertz CT molecular complexity index is 838. The van der Waals surface area contributed by atoms with Crippen molar-refractivity contribution in [2.24, 2.45) is 0 Å². The highest BCUT2D eigenvalue weighted by Crippen LogP contribution is 2.21. The molecule has 0 radical (unpaired) electrons. The summed E-state index contributed by atoms with van der Waals surface area (Å²) in [5.74, 6) is 0.197. The van der Waals surface area contributed by atoms with Crippen molar-refractivity contribution in [2.75, 3.05) is 6.26 Å². The molecule has 0 atom stereocenters. The van der Waals surface area contributed by atoms with Gasteiger partial charge in [-0.1, -0.05) is 0 Å². The molecule has 0 fully saturated rings.